The molecule has 0 unspecified atom stereocenters. The number of likely N-dealkylation sites (N-methyl/N-ethyl adjacent to an activating group) is 1. The fourth-order valence-corrected chi connectivity index (χ4v) is 4.54. The molecule has 0 bridgehead atoms. The number of aromatic nitrogens is 1. The maximum atomic E-state index is 12.6. The number of hydrogen-bond acceptors (Lipinski definition) is 3. The molecule has 4 atom stereocenters. The number of fused-ring (bicyclic) bond motifs is 2. The Hall–Kier alpha value is -1.85. The van der Waals surface area contributed by atoms with Crippen LogP contribution in [0.4, 0.5) is 0 Å². The highest BCUT2D eigenvalue weighted by molar-refractivity contribution is 5.88. The highest BCUT2D eigenvalue weighted by atomic mass is 16.3. The smallest absolute Gasteiger partial charge is 0.224 e. The number of likely N-dealkylation sites (tertiary alicyclic amines) is 1. The molecule has 5 heteroatoms. The Morgan fingerprint density at radius 3 is 3.12 bits per heavy atom. The van der Waals surface area contributed by atoms with Crippen LogP contribution in [0.1, 0.15) is 30.4 Å². The number of benzene rings is 1. The van der Waals surface area contributed by atoms with E-state index in [2.05, 4.69) is 46.6 Å². The molecule has 1 aliphatic carbocycles. The molecule has 2 aliphatic rings. The van der Waals surface area contributed by atoms with Crippen molar-refractivity contribution in [3.05, 3.63) is 35.5 Å². The van der Waals surface area contributed by atoms with Crippen molar-refractivity contribution in [1.82, 2.24) is 15.2 Å². The van der Waals surface area contributed by atoms with E-state index in [-0.39, 0.29) is 24.5 Å². The van der Waals surface area contributed by atoms with Crippen LogP contribution in [0.15, 0.2) is 24.4 Å². The molecule has 24 heavy (non-hydrogen) atoms. The van der Waals surface area contributed by atoms with Crippen molar-refractivity contribution in [1.29, 1.82) is 0 Å². The summed E-state index contributed by atoms with van der Waals surface area (Å²) in [5.74, 6) is 0.422. The Balaban J connectivity index is 1.65. The molecular formula is C19H25N3O2. The van der Waals surface area contributed by atoms with E-state index in [4.69, 9.17) is 0 Å². The van der Waals surface area contributed by atoms with Crippen LogP contribution in [-0.4, -0.2) is 53.2 Å². The number of hydrogen-bond donors (Lipinski definition) is 3. The third-order valence-corrected chi connectivity index (χ3v) is 5.76. The number of piperidine rings is 1. The number of rotatable bonds is 3. The Kier molecular flexibility index (Phi) is 3.85. The van der Waals surface area contributed by atoms with Crippen molar-refractivity contribution in [2.24, 2.45) is 5.92 Å². The summed E-state index contributed by atoms with van der Waals surface area (Å²) >= 11 is 0. The molecule has 1 aromatic carbocycles. The number of carbonyl (C=O) groups is 1. The lowest BCUT2D eigenvalue weighted by molar-refractivity contribution is -0.128. The zero-order chi connectivity index (χ0) is 16.8. The molecule has 5 nitrogen and oxygen atoms in total. The lowest BCUT2D eigenvalue weighted by atomic mass is 9.72. The molecular weight excluding hydrogens is 302 g/mol. The number of H-pyrrole nitrogens is 1. The van der Waals surface area contributed by atoms with Gasteiger partial charge in [0.25, 0.3) is 0 Å². The van der Waals surface area contributed by atoms with Crippen molar-refractivity contribution in [3.63, 3.8) is 0 Å². The average molecular weight is 327 g/mol. The van der Waals surface area contributed by atoms with E-state index in [0.717, 1.165) is 19.4 Å². The molecule has 1 amide bonds. The minimum absolute atomic E-state index is 0.0215. The molecule has 2 heterocycles. The third-order valence-electron chi connectivity index (χ3n) is 5.76. The number of amides is 1. The minimum Gasteiger partial charge on any atom is -0.394 e. The zero-order valence-corrected chi connectivity index (χ0v) is 14.2. The quantitative estimate of drug-likeness (QED) is 0.802. The minimum atomic E-state index is -0.188. The second kappa shape index (κ2) is 5.90. The van der Waals surface area contributed by atoms with Crippen LogP contribution in [0.25, 0.3) is 10.9 Å². The number of aromatic amines is 1. The predicted octanol–water partition coefficient (Wildman–Crippen LogP) is 1.62. The van der Waals surface area contributed by atoms with Crippen molar-refractivity contribution in [2.75, 3.05) is 20.2 Å². The summed E-state index contributed by atoms with van der Waals surface area (Å²) in [6.07, 6.45) is 4.06. The molecule has 128 valence electrons. The predicted molar refractivity (Wildman–Crippen MR) is 94.0 cm³/mol. The van der Waals surface area contributed by atoms with Crippen LogP contribution in [-0.2, 0) is 11.2 Å². The molecule has 1 aliphatic heterocycles. The van der Waals surface area contributed by atoms with E-state index >= 15 is 0 Å². The van der Waals surface area contributed by atoms with Crippen molar-refractivity contribution in [2.45, 2.75) is 37.8 Å². The summed E-state index contributed by atoms with van der Waals surface area (Å²) in [7, 11) is 2.13. The molecule has 2 aromatic rings. The van der Waals surface area contributed by atoms with Gasteiger partial charge in [0.2, 0.25) is 5.91 Å². The number of carbonyl (C=O) groups excluding carboxylic acids is 1. The Labute approximate surface area is 142 Å². The molecule has 0 saturated carbocycles. The van der Waals surface area contributed by atoms with Gasteiger partial charge in [-0.1, -0.05) is 12.1 Å². The third kappa shape index (κ3) is 2.43. The second-order valence-corrected chi connectivity index (χ2v) is 7.43. The van der Waals surface area contributed by atoms with E-state index in [9.17, 15) is 9.90 Å². The lowest BCUT2D eigenvalue weighted by Gasteiger charge is -2.45. The van der Waals surface area contributed by atoms with E-state index in [0.29, 0.717) is 12.0 Å². The van der Waals surface area contributed by atoms with E-state index in [1.165, 1.54) is 22.0 Å². The van der Waals surface area contributed by atoms with Crippen LogP contribution in [0.2, 0.25) is 0 Å². The average Bonchev–Trinajstić information content (AvgIpc) is 3.00. The monoisotopic (exact) mass is 327 g/mol. The van der Waals surface area contributed by atoms with Crippen LogP contribution in [0.5, 0.6) is 0 Å². The van der Waals surface area contributed by atoms with Crippen LogP contribution >= 0.6 is 0 Å². The number of aliphatic hydroxyl groups excluding tert-OH is 1. The van der Waals surface area contributed by atoms with Crippen molar-refractivity contribution < 1.29 is 9.90 Å². The first-order chi connectivity index (χ1) is 11.6. The van der Waals surface area contributed by atoms with E-state index in [1.54, 1.807) is 0 Å². The van der Waals surface area contributed by atoms with Gasteiger partial charge in [0, 0.05) is 41.6 Å². The molecule has 3 N–H and O–H groups in total. The van der Waals surface area contributed by atoms with Gasteiger partial charge in [0.15, 0.2) is 0 Å². The summed E-state index contributed by atoms with van der Waals surface area (Å²) in [6, 6.07) is 6.73. The SMILES string of the molecule is C[C@H](CO)NC(=O)[C@@H]1C[C@@H]2c3cccc4[nH]cc(c34)C[C@H]2N(C)C1. The van der Waals surface area contributed by atoms with Crippen LogP contribution < -0.4 is 5.32 Å². The summed E-state index contributed by atoms with van der Waals surface area (Å²) in [5.41, 5.74) is 3.97. The summed E-state index contributed by atoms with van der Waals surface area (Å²) in [4.78, 5) is 18.3. The summed E-state index contributed by atoms with van der Waals surface area (Å²) < 4.78 is 0. The first kappa shape index (κ1) is 15.7. The first-order valence-electron chi connectivity index (χ1n) is 8.78. The first-order valence-corrected chi connectivity index (χ1v) is 8.78. The standard InChI is InChI=1S/C19H25N3O2/c1-11(10-23)21-19(24)13-6-15-14-4-3-5-16-18(14)12(8-20-16)7-17(15)22(2)9-13/h3-5,8,11,13,15,17,20,23H,6-7,9-10H2,1-2H3,(H,21,24)/t11-,13-,15-,17-/m1/s1. The van der Waals surface area contributed by atoms with Gasteiger partial charge in [-0.25, -0.2) is 0 Å². The summed E-state index contributed by atoms with van der Waals surface area (Å²) in [6.45, 7) is 2.59. The Morgan fingerprint density at radius 1 is 1.50 bits per heavy atom. The molecule has 1 fully saturated rings. The number of aliphatic hydroxyl groups is 1. The van der Waals surface area contributed by atoms with E-state index < -0.39 is 0 Å². The molecule has 0 radical (unpaired) electrons. The molecule has 1 saturated heterocycles. The Bertz CT molecular complexity index is 769. The molecule has 4 rings (SSSR count). The Morgan fingerprint density at radius 2 is 2.33 bits per heavy atom. The van der Waals surface area contributed by atoms with Gasteiger partial charge < -0.3 is 20.3 Å². The maximum Gasteiger partial charge on any atom is 0.224 e. The highest BCUT2D eigenvalue weighted by Crippen LogP contribution is 2.44. The van der Waals surface area contributed by atoms with Gasteiger partial charge in [0.05, 0.1) is 12.5 Å². The van der Waals surface area contributed by atoms with E-state index in [1.807, 2.05) is 6.92 Å². The topological polar surface area (TPSA) is 68.4 Å². The molecule has 0 spiro atoms. The summed E-state index contributed by atoms with van der Waals surface area (Å²) in [5, 5.41) is 13.5. The second-order valence-electron chi connectivity index (χ2n) is 7.43. The van der Waals surface area contributed by atoms with Gasteiger partial charge in [-0.05, 0) is 44.0 Å². The number of nitrogens with zero attached hydrogens (tertiary/aromatic N) is 1. The van der Waals surface area contributed by atoms with Crippen molar-refractivity contribution >= 4 is 16.8 Å². The maximum absolute atomic E-state index is 12.6. The fraction of sp³-hybridized carbons (Fsp3) is 0.526. The number of nitrogens with one attached hydrogen (secondary N) is 2. The largest absolute Gasteiger partial charge is 0.394 e. The fourth-order valence-electron chi connectivity index (χ4n) is 4.54. The normalized spacial score (nSPS) is 27.7. The van der Waals surface area contributed by atoms with Crippen LogP contribution in [0.3, 0.4) is 0 Å². The van der Waals surface area contributed by atoms with Gasteiger partial charge in [0.1, 0.15) is 0 Å². The lowest BCUT2D eigenvalue weighted by Crippen LogP contribution is -2.52. The van der Waals surface area contributed by atoms with Crippen LogP contribution in [0, 0.1) is 5.92 Å². The zero-order valence-electron chi connectivity index (χ0n) is 14.2. The molecule has 1 aromatic heterocycles. The van der Waals surface area contributed by atoms with Gasteiger partial charge in [-0.3, -0.25) is 4.79 Å². The van der Waals surface area contributed by atoms with Gasteiger partial charge in [-0.2, -0.15) is 0 Å². The highest BCUT2D eigenvalue weighted by Gasteiger charge is 2.41. The van der Waals surface area contributed by atoms with Gasteiger partial charge in [-0.15, -0.1) is 0 Å². The van der Waals surface area contributed by atoms with Crippen molar-refractivity contribution in [3.8, 4) is 0 Å². The van der Waals surface area contributed by atoms with Gasteiger partial charge >= 0.3 is 0 Å².